The first kappa shape index (κ1) is 14.0. The Hall–Kier alpha value is -1.42. The molecule has 1 aromatic carbocycles. The SMILES string of the molecule is COc1cc(NCC2(O)CCCC(C)C2)ccc1N. The van der Waals surface area contributed by atoms with Crippen molar-refractivity contribution in [2.75, 3.05) is 24.7 Å². The molecule has 4 nitrogen and oxygen atoms in total. The van der Waals surface area contributed by atoms with Crippen molar-refractivity contribution in [2.45, 2.75) is 38.2 Å². The van der Waals surface area contributed by atoms with E-state index >= 15 is 0 Å². The lowest BCUT2D eigenvalue weighted by molar-refractivity contribution is -0.000764. The zero-order valence-electron chi connectivity index (χ0n) is 11.8. The molecule has 0 aromatic heterocycles. The number of nitrogens with one attached hydrogen (secondary N) is 1. The summed E-state index contributed by atoms with van der Waals surface area (Å²) in [6, 6.07) is 5.59. The first-order valence-electron chi connectivity index (χ1n) is 6.92. The van der Waals surface area contributed by atoms with E-state index in [-0.39, 0.29) is 0 Å². The molecule has 0 radical (unpaired) electrons. The topological polar surface area (TPSA) is 67.5 Å². The van der Waals surface area contributed by atoms with E-state index in [4.69, 9.17) is 10.5 Å². The molecule has 0 bridgehead atoms. The van der Waals surface area contributed by atoms with Crippen LogP contribution in [0.5, 0.6) is 5.75 Å². The highest BCUT2D eigenvalue weighted by atomic mass is 16.5. The van der Waals surface area contributed by atoms with Gasteiger partial charge in [0.05, 0.1) is 18.4 Å². The molecule has 106 valence electrons. The fourth-order valence-corrected chi connectivity index (χ4v) is 2.88. The summed E-state index contributed by atoms with van der Waals surface area (Å²) < 4.78 is 5.19. The number of methoxy groups -OCH3 is 1. The zero-order chi connectivity index (χ0) is 13.9. The van der Waals surface area contributed by atoms with Crippen LogP contribution in [0.1, 0.15) is 32.6 Å². The van der Waals surface area contributed by atoms with Crippen LogP contribution in [0.2, 0.25) is 0 Å². The lowest BCUT2D eigenvalue weighted by Crippen LogP contribution is -2.41. The molecule has 1 fully saturated rings. The van der Waals surface area contributed by atoms with Crippen LogP contribution in [0.25, 0.3) is 0 Å². The fourth-order valence-electron chi connectivity index (χ4n) is 2.88. The van der Waals surface area contributed by atoms with Gasteiger partial charge in [-0.1, -0.05) is 19.8 Å². The fraction of sp³-hybridized carbons (Fsp3) is 0.600. The van der Waals surface area contributed by atoms with Crippen molar-refractivity contribution < 1.29 is 9.84 Å². The Morgan fingerprint density at radius 2 is 2.32 bits per heavy atom. The van der Waals surface area contributed by atoms with E-state index in [2.05, 4.69) is 12.2 Å². The average Bonchev–Trinajstić information content (AvgIpc) is 2.37. The van der Waals surface area contributed by atoms with Gasteiger partial charge in [-0.25, -0.2) is 0 Å². The molecule has 4 N–H and O–H groups in total. The lowest BCUT2D eigenvalue weighted by atomic mass is 9.79. The van der Waals surface area contributed by atoms with E-state index in [1.807, 2.05) is 18.2 Å². The third kappa shape index (κ3) is 3.53. The largest absolute Gasteiger partial charge is 0.495 e. The first-order chi connectivity index (χ1) is 9.02. The normalized spacial score (nSPS) is 27.0. The Kier molecular flexibility index (Phi) is 4.20. The van der Waals surface area contributed by atoms with Crippen LogP contribution < -0.4 is 15.8 Å². The van der Waals surface area contributed by atoms with E-state index in [1.165, 1.54) is 6.42 Å². The van der Waals surface area contributed by atoms with Gasteiger partial charge in [-0.05, 0) is 30.9 Å². The first-order valence-corrected chi connectivity index (χ1v) is 6.92. The Morgan fingerprint density at radius 3 is 3.00 bits per heavy atom. The Bertz CT molecular complexity index is 436. The third-order valence-electron chi connectivity index (χ3n) is 3.92. The highest BCUT2D eigenvalue weighted by molar-refractivity contribution is 5.61. The number of ether oxygens (including phenoxy) is 1. The van der Waals surface area contributed by atoms with Gasteiger partial charge in [0, 0.05) is 18.3 Å². The van der Waals surface area contributed by atoms with E-state index in [9.17, 15) is 5.11 Å². The van der Waals surface area contributed by atoms with Crippen molar-refractivity contribution in [3.05, 3.63) is 18.2 Å². The Balaban J connectivity index is 1.98. The van der Waals surface area contributed by atoms with Crippen LogP contribution in [0.4, 0.5) is 11.4 Å². The number of rotatable bonds is 4. The minimum atomic E-state index is -0.591. The summed E-state index contributed by atoms with van der Waals surface area (Å²) >= 11 is 0. The van der Waals surface area contributed by atoms with Gasteiger partial charge >= 0.3 is 0 Å². The predicted octanol–water partition coefficient (Wildman–Crippen LogP) is 2.63. The van der Waals surface area contributed by atoms with Gasteiger partial charge in [-0.3, -0.25) is 0 Å². The quantitative estimate of drug-likeness (QED) is 0.731. The lowest BCUT2D eigenvalue weighted by Gasteiger charge is -2.35. The maximum absolute atomic E-state index is 10.6. The molecule has 1 aliphatic rings. The van der Waals surface area contributed by atoms with Gasteiger partial charge in [0.1, 0.15) is 5.75 Å². The van der Waals surface area contributed by atoms with Crippen LogP contribution in [-0.4, -0.2) is 24.4 Å². The second kappa shape index (κ2) is 5.70. The minimum absolute atomic E-state index is 0.574. The molecular formula is C15H24N2O2. The standard InChI is InChI=1S/C15H24N2O2/c1-11-4-3-7-15(18,9-11)10-17-12-5-6-13(16)14(8-12)19-2/h5-6,8,11,17-18H,3-4,7,9-10,16H2,1-2H3. The van der Waals surface area contributed by atoms with Crippen LogP contribution >= 0.6 is 0 Å². The molecule has 2 rings (SSSR count). The van der Waals surface area contributed by atoms with Gasteiger partial charge < -0.3 is 20.9 Å². The number of hydrogen-bond donors (Lipinski definition) is 3. The molecular weight excluding hydrogens is 240 g/mol. The van der Waals surface area contributed by atoms with Crippen molar-refractivity contribution >= 4 is 11.4 Å². The van der Waals surface area contributed by atoms with Crippen molar-refractivity contribution in [3.63, 3.8) is 0 Å². The number of aliphatic hydroxyl groups is 1. The smallest absolute Gasteiger partial charge is 0.143 e. The highest BCUT2D eigenvalue weighted by Gasteiger charge is 2.32. The molecule has 2 atom stereocenters. The van der Waals surface area contributed by atoms with Crippen LogP contribution in [-0.2, 0) is 0 Å². The van der Waals surface area contributed by atoms with Crippen LogP contribution in [0, 0.1) is 5.92 Å². The molecule has 0 amide bonds. The highest BCUT2D eigenvalue weighted by Crippen LogP contribution is 2.33. The maximum atomic E-state index is 10.6. The summed E-state index contributed by atoms with van der Waals surface area (Å²) in [6.45, 7) is 2.78. The summed E-state index contributed by atoms with van der Waals surface area (Å²) in [5.41, 5.74) is 6.74. The monoisotopic (exact) mass is 264 g/mol. The van der Waals surface area contributed by atoms with Gasteiger partial charge in [0.25, 0.3) is 0 Å². The number of anilines is 2. The number of hydrogen-bond acceptors (Lipinski definition) is 4. The Morgan fingerprint density at radius 1 is 1.53 bits per heavy atom. The molecule has 0 saturated heterocycles. The van der Waals surface area contributed by atoms with Gasteiger partial charge in [-0.2, -0.15) is 0 Å². The second-order valence-electron chi connectivity index (χ2n) is 5.74. The number of benzene rings is 1. The van der Waals surface area contributed by atoms with Gasteiger partial charge in [0.15, 0.2) is 0 Å². The molecule has 0 aliphatic heterocycles. The number of nitrogens with two attached hydrogens (primary N) is 1. The van der Waals surface area contributed by atoms with E-state index < -0.39 is 5.60 Å². The van der Waals surface area contributed by atoms with Crippen LogP contribution in [0.15, 0.2) is 18.2 Å². The molecule has 1 aromatic rings. The van der Waals surface area contributed by atoms with Crippen molar-refractivity contribution in [2.24, 2.45) is 5.92 Å². The summed E-state index contributed by atoms with van der Waals surface area (Å²) in [6.07, 6.45) is 4.06. The van der Waals surface area contributed by atoms with E-state index in [1.54, 1.807) is 7.11 Å². The zero-order valence-corrected chi connectivity index (χ0v) is 11.8. The summed E-state index contributed by atoms with van der Waals surface area (Å²) in [5, 5.41) is 13.9. The molecule has 2 unspecified atom stereocenters. The minimum Gasteiger partial charge on any atom is -0.495 e. The summed E-state index contributed by atoms with van der Waals surface area (Å²) in [7, 11) is 1.60. The molecule has 1 aliphatic carbocycles. The number of nitrogen functional groups attached to an aromatic ring is 1. The third-order valence-corrected chi connectivity index (χ3v) is 3.92. The summed E-state index contributed by atoms with van der Waals surface area (Å²) in [4.78, 5) is 0. The van der Waals surface area contributed by atoms with Crippen molar-refractivity contribution in [3.8, 4) is 5.75 Å². The Labute approximate surface area is 115 Å². The van der Waals surface area contributed by atoms with Gasteiger partial charge in [0.2, 0.25) is 0 Å². The molecule has 19 heavy (non-hydrogen) atoms. The maximum Gasteiger partial charge on any atom is 0.143 e. The molecule has 0 heterocycles. The van der Waals surface area contributed by atoms with E-state index in [0.29, 0.717) is 23.9 Å². The van der Waals surface area contributed by atoms with E-state index in [0.717, 1.165) is 24.9 Å². The molecule has 0 spiro atoms. The average molecular weight is 264 g/mol. The predicted molar refractivity (Wildman–Crippen MR) is 78.5 cm³/mol. The molecule has 4 heteroatoms. The summed E-state index contributed by atoms with van der Waals surface area (Å²) in [5.74, 6) is 1.26. The second-order valence-corrected chi connectivity index (χ2v) is 5.74. The van der Waals surface area contributed by atoms with Gasteiger partial charge in [-0.15, -0.1) is 0 Å². The van der Waals surface area contributed by atoms with Crippen molar-refractivity contribution in [1.82, 2.24) is 0 Å². The molecule has 1 saturated carbocycles. The van der Waals surface area contributed by atoms with Crippen LogP contribution in [0.3, 0.4) is 0 Å². The van der Waals surface area contributed by atoms with Crippen molar-refractivity contribution in [1.29, 1.82) is 0 Å².